The van der Waals surface area contributed by atoms with Crippen LogP contribution in [0.2, 0.25) is 0 Å². The molecular weight excluding hydrogens is 372 g/mol. The summed E-state index contributed by atoms with van der Waals surface area (Å²) in [5, 5.41) is 0. The van der Waals surface area contributed by atoms with Gasteiger partial charge in [0.2, 0.25) is 0 Å². The lowest BCUT2D eigenvalue weighted by Gasteiger charge is -2.62. The minimum Gasteiger partial charge on any atom is -0.452 e. The van der Waals surface area contributed by atoms with E-state index < -0.39 is 5.60 Å². The zero-order valence-electron chi connectivity index (χ0n) is 19.6. The van der Waals surface area contributed by atoms with E-state index in [1.807, 2.05) is 6.08 Å². The van der Waals surface area contributed by atoms with E-state index >= 15 is 0 Å². The summed E-state index contributed by atoms with van der Waals surface area (Å²) in [6, 6.07) is 0. The Bertz CT molecular complexity index is 869. The lowest BCUT2D eigenvalue weighted by Crippen LogP contribution is -2.57. The van der Waals surface area contributed by atoms with Gasteiger partial charge in [-0.05, 0) is 91.6 Å². The van der Waals surface area contributed by atoms with Crippen molar-refractivity contribution in [1.82, 2.24) is 0 Å². The van der Waals surface area contributed by atoms with E-state index in [0.717, 1.165) is 32.1 Å². The first-order chi connectivity index (χ1) is 13.9. The van der Waals surface area contributed by atoms with Crippen LogP contribution in [0.1, 0.15) is 80.1 Å². The molecule has 0 N–H and O–H groups in total. The lowest BCUT2D eigenvalue weighted by atomic mass is 9.42. The molecule has 3 heteroatoms. The van der Waals surface area contributed by atoms with Crippen molar-refractivity contribution in [2.24, 2.45) is 45.8 Å². The molecule has 3 nitrogen and oxygen atoms in total. The first kappa shape index (κ1) is 20.5. The number of fused-ring (bicyclic) bond motifs is 5. The summed E-state index contributed by atoms with van der Waals surface area (Å²) < 4.78 is 5.84. The number of esters is 1. The number of ether oxygens (including phenoxy) is 1. The summed E-state index contributed by atoms with van der Waals surface area (Å²) in [6.07, 6.45) is 12.3. The molecule has 0 aromatic rings. The highest BCUT2D eigenvalue weighted by Crippen LogP contribution is 2.73. The standard InChI is InChI=1S/C27H38O3/c1-16-13-20-21(28)14-19-18(24(20,3)15-17(16)2)7-10-26(5)22(8-11-25(19,26)4)27(6)12-9-23(29)30-27/h9,12,14,16-18,20,22H,7-8,10-11,13,15H2,1-6H3/t16-,17+,18?,20+,22+,24-,25+,26-,27?/m1/s1. The second-order valence-corrected chi connectivity index (χ2v) is 12.3. The fourth-order valence-electron chi connectivity index (χ4n) is 8.89. The van der Waals surface area contributed by atoms with Gasteiger partial charge in [0.05, 0.1) is 0 Å². The lowest BCUT2D eigenvalue weighted by molar-refractivity contribution is -0.155. The zero-order chi connectivity index (χ0) is 21.7. The van der Waals surface area contributed by atoms with Gasteiger partial charge in [0, 0.05) is 17.9 Å². The summed E-state index contributed by atoms with van der Waals surface area (Å²) >= 11 is 0. The van der Waals surface area contributed by atoms with Crippen molar-refractivity contribution < 1.29 is 14.3 Å². The summed E-state index contributed by atoms with van der Waals surface area (Å²) in [4.78, 5) is 25.4. The predicted molar refractivity (Wildman–Crippen MR) is 118 cm³/mol. The summed E-state index contributed by atoms with van der Waals surface area (Å²) in [5.74, 6) is 2.49. The van der Waals surface area contributed by atoms with Gasteiger partial charge in [-0.3, -0.25) is 4.79 Å². The molecule has 2 unspecified atom stereocenters. The van der Waals surface area contributed by atoms with Crippen molar-refractivity contribution >= 4 is 11.8 Å². The molecule has 4 aliphatic carbocycles. The third-order valence-electron chi connectivity index (χ3n) is 11.1. The molecule has 0 amide bonds. The molecule has 0 saturated heterocycles. The van der Waals surface area contributed by atoms with E-state index in [4.69, 9.17) is 4.74 Å². The second-order valence-electron chi connectivity index (χ2n) is 12.3. The highest BCUT2D eigenvalue weighted by Gasteiger charge is 2.67. The molecule has 0 aromatic carbocycles. The predicted octanol–water partition coefficient (Wildman–Crippen LogP) is 5.89. The number of ketones is 1. The van der Waals surface area contributed by atoms with Crippen LogP contribution in [0, 0.1) is 45.8 Å². The number of carbonyl (C=O) groups excluding carboxylic acids is 2. The Morgan fingerprint density at radius 2 is 1.70 bits per heavy atom. The fourth-order valence-corrected chi connectivity index (χ4v) is 8.89. The SMILES string of the molecule is C[C@@H]1C[C@H]2C(=O)C=C3C(CC[C@]4(C)[C@@H](C5(C)C=CC(=O)O5)CC[C@@]34C)[C@@]2(C)C[C@@H]1C. The maximum atomic E-state index is 13.5. The van der Waals surface area contributed by atoms with Crippen molar-refractivity contribution in [3.63, 3.8) is 0 Å². The monoisotopic (exact) mass is 410 g/mol. The van der Waals surface area contributed by atoms with Gasteiger partial charge in [-0.15, -0.1) is 0 Å². The normalized spacial score (nSPS) is 54.9. The van der Waals surface area contributed by atoms with E-state index in [0.29, 0.717) is 29.5 Å². The Labute approximate surface area is 181 Å². The van der Waals surface area contributed by atoms with E-state index in [9.17, 15) is 9.59 Å². The van der Waals surface area contributed by atoms with E-state index in [2.05, 4.69) is 47.6 Å². The van der Waals surface area contributed by atoms with Crippen LogP contribution < -0.4 is 0 Å². The van der Waals surface area contributed by atoms with Gasteiger partial charge in [0.25, 0.3) is 0 Å². The Morgan fingerprint density at radius 3 is 2.37 bits per heavy atom. The fraction of sp³-hybridized carbons (Fsp3) is 0.778. The van der Waals surface area contributed by atoms with Gasteiger partial charge in [-0.25, -0.2) is 4.79 Å². The molecule has 0 spiro atoms. The molecule has 3 saturated carbocycles. The van der Waals surface area contributed by atoms with Crippen molar-refractivity contribution in [2.45, 2.75) is 85.7 Å². The smallest absolute Gasteiger partial charge is 0.331 e. The maximum Gasteiger partial charge on any atom is 0.331 e. The molecular formula is C27H38O3. The minimum absolute atomic E-state index is 0.00235. The van der Waals surface area contributed by atoms with Crippen molar-refractivity contribution in [2.75, 3.05) is 0 Å². The molecule has 164 valence electrons. The van der Waals surface area contributed by atoms with Crippen LogP contribution in [-0.4, -0.2) is 17.4 Å². The average Bonchev–Trinajstić information content (AvgIpc) is 3.15. The number of hydrogen-bond donors (Lipinski definition) is 0. The number of rotatable bonds is 1. The first-order valence-corrected chi connectivity index (χ1v) is 12.1. The number of allylic oxidation sites excluding steroid dienone is 2. The van der Waals surface area contributed by atoms with Crippen molar-refractivity contribution in [1.29, 1.82) is 0 Å². The molecule has 3 fully saturated rings. The molecule has 9 atom stereocenters. The van der Waals surface area contributed by atoms with Gasteiger partial charge >= 0.3 is 5.97 Å². The Balaban J connectivity index is 1.56. The topological polar surface area (TPSA) is 43.4 Å². The van der Waals surface area contributed by atoms with Crippen molar-refractivity contribution in [3.8, 4) is 0 Å². The van der Waals surface area contributed by atoms with Crippen LogP contribution in [-0.2, 0) is 14.3 Å². The maximum absolute atomic E-state index is 13.5. The van der Waals surface area contributed by atoms with E-state index in [-0.39, 0.29) is 28.1 Å². The molecule has 0 aromatic heterocycles. The van der Waals surface area contributed by atoms with Gasteiger partial charge in [-0.1, -0.05) is 40.2 Å². The summed E-state index contributed by atoms with van der Waals surface area (Å²) in [5.41, 5.74) is 1.05. The van der Waals surface area contributed by atoms with Gasteiger partial charge in [0.15, 0.2) is 5.78 Å². The highest BCUT2D eigenvalue weighted by molar-refractivity contribution is 5.94. The zero-order valence-corrected chi connectivity index (χ0v) is 19.6. The highest BCUT2D eigenvalue weighted by atomic mass is 16.6. The molecule has 0 bridgehead atoms. The van der Waals surface area contributed by atoms with Gasteiger partial charge in [-0.2, -0.15) is 0 Å². The summed E-state index contributed by atoms with van der Waals surface area (Å²) in [7, 11) is 0. The Morgan fingerprint density at radius 1 is 0.967 bits per heavy atom. The van der Waals surface area contributed by atoms with Crippen LogP contribution in [0.15, 0.2) is 23.8 Å². The van der Waals surface area contributed by atoms with Gasteiger partial charge < -0.3 is 4.74 Å². The molecule has 5 aliphatic rings. The average molecular weight is 411 g/mol. The van der Waals surface area contributed by atoms with E-state index in [1.165, 1.54) is 12.0 Å². The van der Waals surface area contributed by atoms with Crippen LogP contribution in [0.5, 0.6) is 0 Å². The Kier molecular flexibility index (Phi) is 4.18. The molecule has 0 radical (unpaired) electrons. The summed E-state index contributed by atoms with van der Waals surface area (Å²) in [6.45, 7) is 14.1. The van der Waals surface area contributed by atoms with E-state index in [1.54, 1.807) is 6.08 Å². The minimum atomic E-state index is -0.517. The Hall–Kier alpha value is -1.38. The van der Waals surface area contributed by atoms with Crippen LogP contribution in [0.25, 0.3) is 0 Å². The number of carbonyl (C=O) groups is 2. The largest absolute Gasteiger partial charge is 0.452 e. The molecule has 1 aliphatic heterocycles. The third-order valence-corrected chi connectivity index (χ3v) is 11.1. The quantitative estimate of drug-likeness (QED) is 0.506. The third kappa shape index (κ3) is 2.38. The van der Waals surface area contributed by atoms with Crippen LogP contribution >= 0.6 is 0 Å². The molecule has 5 rings (SSSR count). The van der Waals surface area contributed by atoms with Crippen LogP contribution in [0.3, 0.4) is 0 Å². The first-order valence-electron chi connectivity index (χ1n) is 12.1. The number of hydrogen-bond acceptors (Lipinski definition) is 3. The van der Waals surface area contributed by atoms with Crippen LogP contribution in [0.4, 0.5) is 0 Å². The molecule has 30 heavy (non-hydrogen) atoms. The molecule has 1 heterocycles. The number of cyclic esters (lactones) is 1. The van der Waals surface area contributed by atoms with Gasteiger partial charge in [0.1, 0.15) is 5.60 Å². The second kappa shape index (κ2) is 6.11. The van der Waals surface area contributed by atoms with Crippen molar-refractivity contribution in [3.05, 3.63) is 23.8 Å².